The number of nitrogens with zero attached hydrogens (tertiary/aromatic N) is 5. The van der Waals surface area contributed by atoms with Crippen LogP contribution in [0.3, 0.4) is 0 Å². The minimum atomic E-state index is 0.0966. The van der Waals surface area contributed by atoms with Crippen LogP contribution in [0.1, 0.15) is 0 Å². The first-order valence-corrected chi connectivity index (χ1v) is 7.71. The van der Waals surface area contributed by atoms with Crippen LogP contribution in [0.5, 0.6) is 0 Å². The van der Waals surface area contributed by atoms with Crippen molar-refractivity contribution < 1.29 is 0 Å². The van der Waals surface area contributed by atoms with E-state index in [1.54, 1.807) is 23.3 Å². The molecule has 0 bridgehead atoms. The molecule has 0 aliphatic heterocycles. The predicted molar refractivity (Wildman–Crippen MR) is 87.1 cm³/mol. The van der Waals surface area contributed by atoms with E-state index in [1.807, 2.05) is 18.2 Å². The Labute approximate surface area is 141 Å². The molecule has 1 aromatic carbocycles. The van der Waals surface area contributed by atoms with Crippen LogP contribution in [0, 0.1) is 0 Å². The molecule has 21 heavy (non-hydrogen) atoms. The number of halogens is 3. The van der Waals surface area contributed by atoms with Crippen molar-refractivity contribution in [3.63, 3.8) is 0 Å². The molecule has 0 amide bonds. The zero-order chi connectivity index (χ0) is 14.8. The molecule has 3 rings (SSSR count). The van der Waals surface area contributed by atoms with Gasteiger partial charge in [-0.25, -0.2) is 4.98 Å². The van der Waals surface area contributed by atoms with Crippen LogP contribution in [-0.2, 0) is 0 Å². The Hall–Kier alpha value is -1.51. The van der Waals surface area contributed by atoms with Gasteiger partial charge in [0, 0.05) is 21.3 Å². The number of aromatic nitrogens is 5. The number of nitrogens with one attached hydrogen (secondary N) is 1. The molecule has 0 saturated carbocycles. The topological polar surface area (TPSA) is 68.5 Å². The van der Waals surface area contributed by atoms with Gasteiger partial charge in [-0.05, 0) is 55.6 Å². The van der Waals surface area contributed by atoms with Gasteiger partial charge in [-0.3, -0.25) is 4.57 Å². The van der Waals surface area contributed by atoms with Gasteiger partial charge >= 0.3 is 0 Å². The number of anilines is 2. The molecule has 1 N–H and O–H groups in total. The van der Waals surface area contributed by atoms with Crippen molar-refractivity contribution in [2.75, 3.05) is 5.32 Å². The van der Waals surface area contributed by atoms with Crippen LogP contribution in [0.2, 0.25) is 5.28 Å². The van der Waals surface area contributed by atoms with E-state index in [-0.39, 0.29) is 5.28 Å². The Morgan fingerprint density at radius 2 is 1.86 bits per heavy atom. The number of hydrogen-bond donors (Lipinski definition) is 1. The maximum atomic E-state index is 5.95. The quantitative estimate of drug-likeness (QED) is 0.681. The van der Waals surface area contributed by atoms with Gasteiger partial charge in [0.2, 0.25) is 17.2 Å². The fraction of sp³-hybridized carbons (Fsp3) is 0. The molecular weight excluding hydrogens is 423 g/mol. The zero-order valence-corrected chi connectivity index (χ0v) is 14.3. The van der Waals surface area contributed by atoms with Gasteiger partial charge in [-0.2, -0.15) is 15.0 Å². The van der Waals surface area contributed by atoms with E-state index in [9.17, 15) is 0 Å². The van der Waals surface area contributed by atoms with E-state index >= 15 is 0 Å². The van der Waals surface area contributed by atoms with Gasteiger partial charge in [-0.15, -0.1) is 0 Å². The summed E-state index contributed by atoms with van der Waals surface area (Å²) in [7, 11) is 0. The summed E-state index contributed by atoms with van der Waals surface area (Å²) in [4.78, 5) is 16.4. The molecule has 0 aliphatic rings. The van der Waals surface area contributed by atoms with Crippen molar-refractivity contribution in [2.45, 2.75) is 0 Å². The average Bonchev–Trinajstić information content (AvgIpc) is 2.97. The van der Waals surface area contributed by atoms with Crippen LogP contribution < -0.4 is 5.32 Å². The number of imidazole rings is 1. The Morgan fingerprint density at radius 1 is 1.10 bits per heavy atom. The van der Waals surface area contributed by atoms with E-state index < -0.39 is 0 Å². The summed E-state index contributed by atoms with van der Waals surface area (Å²) < 4.78 is 3.39. The molecule has 0 unspecified atom stereocenters. The van der Waals surface area contributed by atoms with Gasteiger partial charge in [-0.1, -0.05) is 6.07 Å². The lowest BCUT2D eigenvalue weighted by Crippen LogP contribution is -2.06. The molecule has 9 heteroatoms. The van der Waals surface area contributed by atoms with Crippen LogP contribution in [0.15, 0.2) is 45.9 Å². The maximum absolute atomic E-state index is 5.95. The zero-order valence-electron chi connectivity index (χ0n) is 10.3. The van der Waals surface area contributed by atoms with E-state index in [4.69, 9.17) is 11.6 Å². The summed E-state index contributed by atoms with van der Waals surface area (Å²) in [6.45, 7) is 0. The molecule has 2 aromatic heterocycles. The first-order valence-electron chi connectivity index (χ1n) is 5.74. The summed E-state index contributed by atoms with van der Waals surface area (Å²) >= 11 is 12.9. The Bertz CT molecular complexity index is 757. The average molecular weight is 430 g/mol. The largest absolute Gasteiger partial charge is 0.322 e. The second-order valence-electron chi connectivity index (χ2n) is 3.92. The Morgan fingerprint density at radius 3 is 2.52 bits per heavy atom. The first-order chi connectivity index (χ1) is 10.1. The van der Waals surface area contributed by atoms with Crippen LogP contribution >= 0.6 is 43.5 Å². The lowest BCUT2D eigenvalue weighted by molar-refractivity contribution is 0.899. The normalized spacial score (nSPS) is 10.6. The fourth-order valence-electron chi connectivity index (χ4n) is 1.62. The van der Waals surface area contributed by atoms with Crippen molar-refractivity contribution in [1.29, 1.82) is 0 Å². The monoisotopic (exact) mass is 428 g/mol. The number of benzene rings is 1. The van der Waals surface area contributed by atoms with Crippen molar-refractivity contribution in [3.05, 3.63) is 51.1 Å². The molecule has 0 fully saturated rings. The summed E-state index contributed by atoms with van der Waals surface area (Å²) in [5.74, 6) is 0.726. The number of hydrogen-bond acceptors (Lipinski definition) is 5. The van der Waals surface area contributed by atoms with Crippen molar-refractivity contribution in [1.82, 2.24) is 24.5 Å². The third-order valence-corrected chi connectivity index (χ3v) is 4.02. The lowest BCUT2D eigenvalue weighted by Gasteiger charge is -2.10. The van der Waals surface area contributed by atoms with E-state index in [0.29, 0.717) is 11.9 Å². The fourth-order valence-corrected chi connectivity index (χ4v) is 2.97. The summed E-state index contributed by atoms with van der Waals surface area (Å²) in [5.41, 5.74) is 0.802. The SMILES string of the molecule is Clc1nc(Nc2c(Br)cccc2Br)nc(-n2ccnc2)n1. The number of rotatable bonds is 3. The highest BCUT2D eigenvalue weighted by Gasteiger charge is 2.10. The first kappa shape index (κ1) is 14.4. The lowest BCUT2D eigenvalue weighted by atomic mass is 10.3. The minimum Gasteiger partial charge on any atom is -0.322 e. The molecule has 0 saturated heterocycles. The summed E-state index contributed by atoms with van der Waals surface area (Å²) in [6, 6.07) is 5.73. The van der Waals surface area contributed by atoms with Gasteiger partial charge < -0.3 is 5.32 Å². The van der Waals surface area contributed by atoms with Gasteiger partial charge in [0.15, 0.2) is 0 Å². The third-order valence-electron chi connectivity index (χ3n) is 2.53. The third kappa shape index (κ3) is 3.22. The molecule has 0 aliphatic carbocycles. The smallest absolute Gasteiger partial charge is 0.241 e. The van der Waals surface area contributed by atoms with E-state index in [0.717, 1.165) is 14.6 Å². The van der Waals surface area contributed by atoms with Crippen LogP contribution in [0.4, 0.5) is 11.6 Å². The molecule has 0 radical (unpaired) electrons. The minimum absolute atomic E-state index is 0.0966. The molecule has 0 atom stereocenters. The van der Waals surface area contributed by atoms with Crippen LogP contribution in [0.25, 0.3) is 5.95 Å². The van der Waals surface area contributed by atoms with E-state index in [2.05, 4.69) is 57.1 Å². The second-order valence-corrected chi connectivity index (χ2v) is 5.97. The van der Waals surface area contributed by atoms with Crippen LogP contribution in [-0.4, -0.2) is 24.5 Å². The molecule has 0 spiro atoms. The summed E-state index contributed by atoms with van der Waals surface area (Å²) in [5, 5.41) is 3.21. The second kappa shape index (κ2) is 6.08. The maximum Gasteiger partial charge on any atom is 0.241 e. The standard InChI is InChI=1S/C12H7Br2ClN6/c13-7-2-1-3-8(14)9(7)17-11-18-10(15)19-12(20-11)21-5-4-16-6-21/h1-6H,(H,17,18,19,20). The van der Waals surface area contributed by atoms with E-state index in [1.165, 1.54) is 0 Å². The Balaban J connectivity index is 2.00. The highest BCUT2D eigenvalue weighted by molar-refractivity contribution is 9.11. The molecule has 6 nitrogen and oxygen atoms in total. The molecule has 2 heterocycles. The summed E-state index contributed by atoms with van der Waals surface area (Å²) in [6.07, 6.45) is 4.95. The number of para-hydroxylation sites is 1. The Kier molecular flexibility index (Phi) is 4.18. The molecular formula is C12H7Br2ClN6. The van der Waals surface area contributed by atoms with Crippen molar-refractivity contribution in [2.24, 2.45) is 0 Å². The highest BCUT2D eigenvalue weighted by atomic mass is 79.9. The van der Waals surface area contributed by atoms with Crippen molar-refractivity contribution in [3.8, 4) is 5.95 Å². The van der Waals surface area contributed by atoms with Crippen molar-refractivity contribution >= 4 is 55.1 Å². The van der Waals surface area contributed by atoms with Gasteiger partial charge in [0.25, 0.3) is 0 Å². The van der Waals surface area contributed by atoms with Gasteiger partial charge in [0.05, 0.1) is 5.69 Å². The highest BCUT2D eigenvalue weighted by Crippen LogP contribution is 2.32. The molecule has 106 valence electrons. The predicted octanol–water partition coefficient (Wildman–Crippen LogP) is 3.98. The van der Waals surface area contributed by atoms with Gasteiger partial charge in [0.1, 0.15) is 6.33 Å². The molecule has 3 aromatic rings.